The summed E-state index contributed by atoms with van der Waals surface area (Å²) in [5.41, 5.74) is 0.293. The lowest BCUT2D eigenvalue weighted by Gasteiger charge is -2.20. The van der Waals surface area contributed by atoms with Crippen LogP contribution in [0.4, 0.5) is 0 Å². The highest BCUT2D eigenvalue weighted by atomic mass is 79.9. The molecule has 1 aromatic carbocycles. The van der Waals surface area contributed by atoms with E-state index in [9.17, 15) is 9.59 Å². The number of carbonyl (C=O) groups excluding carboxylic acids is 2. The van der Waals surface area contributed by atoms with Crippen molar-refractivity contribution < 1.29 is 9.59 Å². The molecular formula is C17H22BrN5O2S. The Hall–Kier alpha value is -1.87. The molecule has 1 aromatic heterocycles. The summed E-state index contributed by atoms with van der Waals surface area (Å²) in [4.78, 5) is 24.2. The van der Waals surface area contributed by atoms with Crippen LogP contribution in [0.2, 0.25) is 0 Å². The van der Waals surface area contributed by atoms with Crippen molar-refractivity contribution in [3.63, 3.8) is 0 Å². The molecule has 2 N–H and O–H groups in total. The molecule has 140 valence electrons. The summed E-state index contributed by atoms with van der Waals surface area (Å²) in [6, 6.07) is 7.21. The number of hydrogen-bond acceptors (Lipinski definition) is 5. The van der Waals surface area contributed by atoms with Crippen LogP contribution in [0.25, 0.3) is 0 Å². The molecule has 0 fully saturated rings. The number of nitrogens with one attached hydrogen (secondary N) is 2. The van der Waals surface area contributed by atoms with Crippen LogP contribution in [0, 0.1) is 0 Å². The Morgan fingerprint density at radius 2 is 1.92 bits per heavy atom. The first-order valence-corrected chi connectivity index (χ1v) is 9.80. The van der Waals surface area contributed by atoms with E-state index in [0.29, 0.717) is 16.5 Å². The van der Waals surface area contributed by atoms with Crippen molar-refractivity contribution in [2.24, 2.45) is 7.05 Å². The predicted octanol–water partition coefficient (Wildman–Crippen LogP) is 2.51. The van der Waals surface area contributed by atoms with Crippen molar-refractivity contribution in [2.75, 3.05) is 5.75 Å². The van der Waals surface area contributed by atoms with Gasteiger partial charge in [-0.25, -0.2) is 0 Å². The molecule has 0 aliphatic carbocycles. The van der Waals surface area contributed by atoms with Gasteiger partial charge in [0.1, 0.15) is 0 Å². The number of benzene rings is 1. The molecule has 0 aliphatic heterocycles. The van der Waals surface area contributed by atoms with Gasteiger partial charge >= 0.3 is 0 Å². The molecule has 0 atom stereocenters. The van der Waals surface area contributed by atoms with E-state index in [4.69, 9.17) is 0 Å². The second kappa shape index (κ2) is 8.68. The second-order valence-electron chi connectivity index (χ2n) is 6.71. The van der Waals surface area contributed by atoms with Crippen LogP contribution >= 0.6 is 27.7 Å². The zero-order valence-electron chi connectivity index (χ0n) is 15.2. The van der Waals surface area contributed by atoms with Crippen LogP contribution in [0.1, 0.15) is 37.0 Å². The fourth-order valence-electron chi connectivity index (χ4n) is 2.11. The Morgan fingerprint density at radius 1 is 1.23 bits per heavy atom. The normalized spacial score (nSPS) is 11.3. The summed E-state index contributed by atoms with van der Waals surface area (Å²) in [6.45, 7) is 6.05. The summed E-state index contributed by atoms with van der Waals surface area (Å²) in [6.07, 6.45) is 0. The molecule has 0 spiro atoms. The minimum Gasteiger partial charge on any atom is -0.351 e. The fraction of sp³-hybridized carbons (Fsp3) is 0.412. The summed E-state index contributed by atoms with van der Waals surface area (Å²) >= 11 is 4.67. The third-order valence-electron chi connectivity index (χ3n) is 3.30. The molecule has 2 amide bonds. The molecule has 0 saturated carbocycles. The topological polar surface area (TPSA) is 88.9 Å². The third-order valence-corrected chi connectivity index (χ3v) is 5.01. The average molecular weight is 440 g/mol. The maximum atomic E-state index is 12.2. The third kappa shape index (κ3) is 5.84. The Kier molecular flexibility index (Phi) is 6.82. The molecule has 0 bridgehead atoms. The van der Waals surface area contributed by atoms with E-state index in [-0.39, 0.29) is 29.7 Å². The van der Waals surface area contributed by atoms with Crippen molar-refractivity contribution in [1.29, 1.82) is 0 Å². The van der Waals surface area contributed by atoms with Crippen LogP contribution in [-0.4, -0.2) is 37.9 Å². The van der Waals surface area contributed by atoms with Crippen molar-refractivity contribution in [3.8, 4) is 0 Å². The Morgan fingerprint density at radius 3 is 2.58 bits per heavy atom. The van der Waals surface area contributed by atoms with Gasteiger partial charge in [-0.3, -0.25) is 9.59 Å². The quantitative estimate of drug-likeness (QED) is 0.674. The lowest BCUT2D eigenvalue weighted by Crippen LogP contribution is -2.41. The zero-order valence-corrected chi connectivity index (χ0v) is 17.6. The van der Waals surface area contributed by atoms with E-state index in [0.717, 1.165) is 4.47 Å². The molecular weight excluding hydrogens is 418 g/mol. The molecule has 0 saturated heterocycles. The molecule has 2 rings (SSSR count). The van der Waals surface area contributed by atoms with Gasteiger partial charge in [0.25, 0.3) is 5.91 Å². The van der Waals surface area contributed by atoms with Crippen molar-refractivity contribution in [1.82, 2.24) is 25.4 Å². The number of amides is 2. The van der Waals surface area contributed by atoms with Crippen molar-refractivity contribution >= 4 is 39.5 Å². The number of carbonyl (C=O) groups is 2. The number of hydrogen-bond donors (Lipinski definition) is 2. The van der Waals surface area contributed by atoms with Crippen molar-refractivity contribution in [3.05, 3.63) is 40.1 Å². The maximum absolute atomic E-state index is 12.2. The van der Waals surface area contributed by atoms with E-state index in [1.54, 1.807) is 16.7 Å². The Balaban J connectivity index is 1.91. The molecule has 0 radical (unpaired) electrons. The number of aromatic nitrogens is 3. The van der Waals surface area contributed by atoms with Gasteiger partial charge in [-0.2, -0.15) is 0 Å². The zero-order chi connectivity index (χ0) is 19.3. The molecule has 9 heteroatoms. The van der Waals surface area contributed by atoms with Crippen LogP contribution in [0.15, 0.2) is 33.9 Å². The van der Waals surface area contributed by atoms with Gasteiger partial charge in [0, 0.05) is 17.1 Å². The summed E-state index contributed by atoms with van der Waals surface area (Å²) in [5, 5.41) is 14.5. The number of halogens is 1. The lowest BCUT2D eigenvalue weighted by atomic mass is 10.1. The van der Waals surface area contributed by atoms with E-state index >= 15 is 0 Å². The molecule has 0 unspecified atom stereocenters. The Bertz CT molecular complexity index is 801. The first-order valence-electron chi connectivity index (χ1n) is 8.02. The molecule has 7 nitrogen and oxygen atoms in total. The number of thioether (sulfide) groups is 1. The molecule has 0 aliphatic rings. The largest absolute Gasteiger partial charge is 0.351 e. The van der Waals surface area contributed by atoms with Crippen LogP contribution in [-0.2, 0) is 18.4 Å². The SMILES string of the molecule is Cn1c(CNC(=O)c2ccccc2Br)nnc1SCC(=O)NC(C)(C)C. The predicted molar refractivity (Wildman–Crippen MR) is 105 cm³/mol. The van der Waals surface area contributed by atoms with Gasteiger partial charge in [-0.1, -0.05) is 23.9 Å². The van der Waals surface area contributed by atoms with Gasteiger partial charge in [-0.15, -0.1) is 10.2 Å². The fourth-order valence-corrected chi connectivity index (χ4v) is 3.30. The van der Waals surface area contributed by atoms with E-state index in [1.165, 1.54) is 11.8 Å². The summed E-state index contributed by atoms with van der Waals surface area (Å²) in [7, 11) is 1.81. The lowest BCUT2D eigenvalue weighted by molar-refractivity contribution is -0.119. The first kappa shape index (κ1) is 20.4. The summed E-state index contributed by atoms with van der Waals surface area (Å²) in [5.74, 6) is 0.615. The molecule has 1 heterocycles. The maximum Gasteiger partial charge on any atom is 0.252 e. The second-order valence-corrected chi connectivity index (χ2v) is 8.50. The minimum atomic E-state index is -0.265. The molecule has 26 heavy (non-hydrogen) atoms. The van der Waals surface area contributed by atoms with E-state index in [1.807, 2.05) is 40.0 Å². The smallest absolute Gasteiger partial charge is 0.252 e. The summed E-state index contributed by atoms with van der Waals surface area (Å²) < 4.78 is 2.51. The van der Waals surface area contributed by atoms with Crippen LogP contribution in [0.5, 0.6) is 0 Å². The highest BCUT2D eigenvalue weighted by molar-refractivity contribution is 9.10. The standard InChI is InChI=1S/C17H22BrN5O2S/c1-17(2,3)20-14(24)10-26-16-22-21-13(23(16)4)9-19-15(25)11-7-5-6-8-12(11)18/h5-8H,9-10H2,1-4H3,(H,19,25)(H,20,24). The van der Waals surface area contributed by atoms with Crippen LogP contribution < -0.4 is 10.6 Å². The number of nitrogens with zero attached hydrogens (tertiary/aromatic N) is 3. The monoisotopic (exact) mass is 439 g/mol. The highest BCUT2D eigenvalue weighted by Gasteiger charge is 2.16. The van der Waals surface area contributed by atoms with E-state index in [2.05, 4.69) is 36.8 Å². The minimum absolute atomic E-state index is 0.0609. The van der Waals surface area contributed by atoms with Gasteiger partial charge in [0.2, 0.25) is 5.91 Å². The van der Waals surface area contributed by atoms with Gasteiger partial charge in [0.05, 0.1) is 17.9 Å². The van der Waals surface area contributed by atoms with Gasteiger partial charge in [-0.05, 0) is 48.8 Å². The number of rotatable bonds is 6. The van der Waals surface area contributed by atoms with Gasteiger partial charge < -0.3 is 15.2 Å². The highest BCUT2D eigenvalue weighted by Crippen LogP contribution is 2.17. The van der Waals surface area contributed by atoms with Crippen LogP contribution in [0.3, 0.4) is 0 Å². The van der Waals surface area contributed by atoms with Gasteiger partial charge in [0.15, 0.2) is 11.0 Å². The Labute approximate surface area is 165 Å². The van der Waals surface area contributed by atoms with Crippen molar-refractivity contribution in [2.45, 2.75) is 38.0 Å². The van der Waals surface area contributed by atoms with E-state index < -0.39 is 0 Å². The average Bonchev–Trinajstić information content (AvgIpc) is 2.89. The molecule has 2 aromatic rings. The first-order chi connectivity index (χ1) is 12.2.